The summed E-state index contributed by atoms with van der Waals surface area (Å²) in [5.74, 6) is -14.4. The molecule has 45 nitrogen and oxygen atoms in total. The summed E-state index contributed by atoms with van der Waals surface area (Å²) >= 11 is 0. The highest BCUT2D eigenvalue weighted by molar-refractivity contribution is 8.76. The SMILES string of the molecule is C=C1C[C@H]2C=Nc3cc(OCCCCCOc4cc(NC(=O)OCCSSC[C@@H](C)NC(=O)CCOCCOCCOCCOCCCC(=O)[C@H](CC(=O)O)NC(=O)[C@H](CC(=O)O)CC(=O)[C@H](CCCNC(=N)N)NC(=O)[C@H](CC(=O)O)CC(=O)CC[C@H](NC(=O)c5ccc(NCc6cnc7nc(N)[nH]c(=O)c7n6)cc5)C(=O)O)c(C(=O)N5CC(=C)C[C@H]5C=NC)cc4C)c(OC)cc3C(=O)N2C1. The molecule has 2 fully saturated rings. The quantitative estimate of drug-likeness (QED) is 0.00748. The third-order valence-electron chi connectivity index (χ3n) is 21.6. The molecular formula is C91H120N18O27S2. The van der Waals surface area contributed by atoms with E-state index in [0.29, 0.717) is 109 Å². The number of nitrogens with zero attached hydrogens (tertiary/aromatic N) is 7. The van der Waals surface area contributed by atoms with Crippen LogP contribution in [-0.4, -0.2) is 306 Å². The highest BCUT2D eigenvalue weighted by Gasteiger charge is 2.38. The molecule has 7 amide bonds. The van der Waals surface area contributed by atoms with E-state index in [1.807, 2.05) is 13.8 Å². The van der Waals surface area contributed by atoms with Crippen LogP contribution >= 0.6 is 21.6 Å². The lowest BCUT2D eigenvalue weighted by Crippen LogP contribution is -2.48. The number of fused-ring (bicyclic) bond motifs is 3. The molecule has 5 heterocycles. The molecule has 0 unspecified atom stereocenters. The van der Waals surface area contributed by atoms with Crippen LogP contribution in [0.4, 0.5) is 27.8 Å². The van der Waals surface area contributed by atoms with Crippen LogP contribution in [0, 0.1) is 24.2 Å². The number of nitrogens with two attached hydrogens (primary N) is 2. The Balaban J connectivity index is 0.670. The normalized spacial score (nSPS) is 15.1. The summed E-state index contributed by atoms with van der Waals surface area (Å²) in [5, 5.41) is 65.1. The fourth-order valence-corrected chi connectivity index (χ4v) is 16.8. The van der Waals surface area contributed by atoms with Crippen molar-refractivity contribution in [3.8, 4) is 17.2 Å². The zero-order valence-corrected chi connectivity index (χ0v) is 78.8. The fourth-order valence-electron chi connectivity index (χ4n) is 14.7. The number of nitrogen functional groups attached to an aromatic ring is 1. The molecule has 5 aromatic rings. The number of nitrogens with one attached hydrogen (secondary N) is 9. The molecule has 2 aromatic heterocycles. The predicted molar refractivity (Wildman–Crippen MR) is 509 cm³/mol. The minimum Gasteiger partial charge on any atom is -0.493 e. The molecule has 2 saturated heterocycles. The van der Waals surface area contributed by atoms with Crippen molar-refractivity contribution in [1.82, 2.24) is 56.3 Å². The third kappa shape index (κ3) is 36.9. The number of aryl methyl sites for hydroxylation is 1. The van der Waals surface area contributed by atoms with E-state index in [2.05, 4.69) is 80.3 Å². The number of H-pyrrole nitrogens is 1. The number of carboxylic acid groups (broad SMARTS) is 4. The molecule has 0 aliphatic carbocycles. The van der Waals surface area contributed by atoms with Gasteiger partial charge in [-0.05, 0) is 114 Å². The maximum Gasteiger partial charge on any atom is 0.411 e. The molecule has 138 heavy (non-hydrogen) atoms. The van der Waals surface area contributed by atoms with Crippen molar-refractivity contribution in [3.05, 3.63) is 117 Å². The number of methoxy groups -OCH3 is 1. The standard InChI is InChI=1S/C91H120N18O27S2/c1-52-34-61(47-95-5)108(49-52)86(124)64-36-54(3)73(134-23-8-7-9-24-135-75-42-68-65(41-74(75)129-6)87(125)109-50-53(2)35-62(109)48-98-68)43-69(64)105-91(128)136-32-33-137-138-51-55(4)100-76(113)20-25-131-27-29-133-31-30-132-28-26-130-22-11-13-71(111)70(44-79(118)119)104-84(122)58(40-78(116)117)38-72(112)66(12-10-21-96-89(92)93)102-83(121)57(39-77(114)115)37-63(110)18-19-67(88(126)127)103-82(120)56-14-16-59(17-15-56)97-45-60-46-99-81-80(101-60)85(123)107-90(94)106-81/h14-17,36,41-43,46-48,55,57-58,61-62,66-67,70,97H,1-2,7-13,18-35,37-40,44-45,49-51H2,3-6H3,(H,100,113)(H,102,121)(H,103,120)(H,104,122)(H,105,128)(H,114,115)(H,116,117)(H,118,119)(H,126,127)(H4,92,93,96)(H3,94,99,106,107,123)/t55-,57+,58+,61+,62+,66+,67+,70+/m1/s1. The number of ketones is 3. The zero-order valence-electron chi connectivity index (χ0n) is 77.2. The lowest BCUT2D eigenvalue weighted by Gasteiger charge is -2.24. The van der Waals surface area contributed by atoms with Gasteiger partial charge in [-0.1, -0.05) is 45.9 Å². The highest BCUT2D eigenvalue weighted by atomic mass is 33.1. The Hall–Kier alpha value is -13.5. The average molecular weight is 1960 g/mol. The summed E-state index contributed by atoms with van der Waals surface area (Å²) in [5.41, 5.74) is 15.2. The summed E-state index contributed by atoms with van der Waals surface area (Å²) in [6.07, 6.45) is 1.12. The number of hydrogen-bond acceptors (Lipinski definition) is 33. The van der Waals surface area contributed by atoms with Crippen LogP contribution in [0.15, 0.2) is 93.8 Å². The van der Waals surface area contributed by atoms with Gasteiger partial charge in [-0.15, -0.1) is 0 Å². The van der Waals surface area contributed by atoms with Crippen LogP contribution in [0.1, 0.15) is 158 Å². The second-order valence-electron chi connectivity index (χ2n) is 32.7. The monoisotopic (exact) mass is 1960 g/mol. The number of carboxylic acids is 4. The van der Waals surface area contributed by atoms with Crippen molar-refractivity contribution in [2.24, 2.45) is 27.6 Å². The second-order valence-corrected chi connectivity index (χ2v) is 35.3. The van der Waals surface area contributed by atoms with Gasteiger partial charge in [0.2, 0.25) is 23.7 Å². The Morgan fingerprint density at radius 3 is 1.99 bits per heavy atom. The number of unbranched alkanes of at least 4 members (excludes halogenated alkanes) is 2. The third-order valence-corrected chi connectivity index (χ3v) is 24.2. The Morgan fingerprint density at radius 1 is 0.681 bits per heavy atom. The number of guanidine groups is 1. The van der Waals surface area contributed by atoms with Gasteiger partial charge in [0.05, 0.1) is 163 Å². The van der Waals surface area contributed by atoms with Crippen LogP contribution in [0.5, 0.6) is 17.2 Å². The molecule has 47 heteroatoms. The number of rotatable bonds is 64. The first-order valence-electron chi connectivity index (χ1n) is 44.7. The van der Waals surface area contributed by atoms with Crippen molar-refractivity contribution in [2.75, 3.05) is 134 Å². The van der Waals surface area contributed by atoms with E-state index in [1.54, 1.807) is 53.5 Å². The van der Waals surface area contributed by atoms with Crippen LogP contribution in [0.2, 0.25) is 0 Å². The van der Waals surface area contributed by atoms with Crippen molar-refractivity contribution in [2.45, 2.75) is 166 Å². The number of anilines is 3. The number of carbonyl (C=O) groups is 14. The van der Waals surface area contributed by atoms with Gasteiger partial charge in [-0.2, -0.15) is 4.98 Å². The molecule has 3 aliphatic heterocycles. The van der Waals surface area contributed by atoms with Gasteiger partial charge in [0, 0.05) is 119 Å². The number of hydrogen-bond donors (Lipinski definition) is 15. The predicted octanol–water partition coefficient (Wildman–Crippen LogP) is 5.52. The molecule has 8 atom stereocenters. The molecular weight excluding hydrogens is 1840 g/mol. The Labute approximate surface area is 802 Å². The number of amides is 7. The molecule has 8 rings (SSSR count). The minimum atomic E-state index is -1.77. The maximum atomic E-state index is 14.2. The molecule has 17 N–H and O–H groups in total. The Kier molecular flexibility index (Phi) is 45.3. The van der Waals surface area contributed by atoms with Crippen molar-refractivity contribution >= 4 is 157 Å². The topological polar surface area (TPSA) is 657 Å². The molecule has 3 aromatic carbocycles. The molecule has 0 saturated carbocycles. The van der Waals surface area contributed by atoms with Gasteiger partial charge >= 0.3 is 30.0 Å². The fraction of sp³-hybridized carbons (Fsp3) is 0.505. The molecule has 0 spiro atoms. The number of likely N-dealkylation sites (tertiary alicyclic amines) is 1. The number of ether oxygens (including phenoxy) is 8. The minimum absolute atomic E-state index is 0.00607. The molecule has 3 aliphatic rings. The lowest BCUT2D eigenvalue weighted by atomic mass is 9.91. The first-order valence-corrected chi connectivity index (χ1v) is 47.2. The summed E-state index contributed by atoms with van der Waals surface area (Å²) in [6.45, 7) is 14.5. The number of benzene rings is 3. The Bertz CT molecular complexity index is 5290. The summed E-state index contributed by atoms with van der Waals surface area (Å²) < 4.78 is 45.8. The van der Waals surface area contributed by atoms with E-state index in [4.69, 9.17) is 54.8 Å². The first-order chi connectivity index (χ1) is 66.1. The van der Waals surface area contributed by atoms with Crippen LogP contribution < -0.4 is 68.5 Å². The van der Waals surface area contributed by atoms with Crippen molar-refractivity contribution in [3.63, 3.8) is 0 Å². The van der Waals surface area contributed by atoms with E-state index in [0.717, 1.165) is 17.6 Å². The van der Waals surface area contributed by atoms with Crippen LogP contribution in [-0.2, 0) is 78.2 Å². The van der Waals surface area contributed by atoms with Gasteiger partial charge < -0.3 is 111 Å². The van der Waals surface area contributed by atoms with Gasteiger partial charge in [-0.25, -0.2) is 19.6 Å². The van der Waals surface area contributed by atoms with E-state index < -0.39 is 151 Å². The van der Waals surface area contributed by atoms with Gasteiger partial charge in [0.25, 0.3) is 23.3 Å². The smallest absolute Gasteiger partial charge is 0.411 e. The number of Topliss-reactive ketones (excluding diaryl/α,β-unsaturated/α-hetero) is 3. The molecule has 0 bridgehead atoms. The second kappa shape index (κ2) is 56.9. The van der Waals surface area contributed by atoms with E-state index in [-0.39, 0.29) is 174 Å². The highest BCUT2D eigenvalue weighted by Crippen LogP contribution is 2.39. The van der Waals surface area contributed by atoms with Crippen LogP contribution in [0.25, 0.3) is 11.2 Å². The van der Waals surface area contributed by atoms with Crippen molar-refractivity contribution in [1.29, 1.82) is 5.41 Å². The zero-order chi connectivity index (χ0) is 100. The number of aliphatic imine (C=N–C) groups is 2. The van der Waals surface area contributed by atoms with Gasteiger partial charge in [0.1, 0.15) is 24.2 Å². The largest absolute Gasteiger partial charge is 0.493 e. The van der Waals surface area contributed by atoms with Crippen LogP contribution in [0.3, 0.4) is 0 Å². The molecule has 0 radical (unpaired) electrons. The summed E-state index contributed by atoms with van der Waals surface area (Å²) in [6, 6.07) is 6.84. The average Bonchev–Trinajstić information content (AvgIpc) is 1.07. The maximum absolute atomic E-state index is 14.2. The van der Waals surface area contributed by atoms with E-state index in [9.17, 15) is 92.3 Å². The lowest BCUT2D eigenvalue weighted by molar-refractivity contribution is -0.144. The van der Waals surface area contributed by atoms with Crippen molar-refractivity contribution < 1.29 is 125 Å². The van der Waals surface area contributed by atoms with Gasteiger partial charge in [0.15, 0.2) is 40.2 Å². The Morgan fingerprint density at radius 2 is 1.33 bits per heavy atom. The number of carbonyl (C=O) groups excluding carboxylic acids is 10. The summed E-state index contributed by atoms with van der Waals surface area (Å²) in [7, 11) is 6.09. The number of aromatic amines is 1. The first kappa shape index (κ1) is 110. The summed E-state index contributed by atoms with van der Waals surface area (Å²) in [4.78, 5) is 223. The number of aromatic nitrogens is 4. The number of aliphatic carboxylic acids is 4. The molecule has 748 valence electrons. The van der Waals surface area contributed by atoms with Gasteiger partial charge in [-0.3, -0.25) is 88.0 Å². The van der Waals surface area contributed by atoms with E-state index >= 15 is 0 Å². The van der Waals surface area contributed by atoms with E-state index in [1.165, 1.54) is 59.2 Å².